The topological polar surface area (TPSA) is 58.3 Å². The summed E-state index contributed by atoms with van der Waals surface area (Å²) >= 11 is 0. The van der Waals surface area contributed by atoms with Crippen molar-refractivity contribution in [3.8, 4) is 5.75 Å². The Labute approximate surface area is 89.3 Å². The van der Waals surface area contributed by atoms with Crippen molar-refractivity contribution in [2.75, 3.05) is 5.32 Å². The molecule has 1 aliphatic carbocycles. The largest absolute Gasteiger partial charge is 0.508 e. The van der Waals surface area contributed by atoms with E-state index >= 15 is 0 Å². The number of benzene rings is 1. The van der Waals surface area contributed by atoms with Crippen LogP contribution in [0.5, 0.6) is 5.75 Å². The summed E-state index contributed by atoms with van der Waals surface area (Å²) in [7, 11) is 0. The molecule has 80 valence electrons. The molecule has 0 saturated heterocycles. The molecular weight excluding hydrogens is 188 g/mol. The number of nitrogens with two attached hydrogens (primary N) is 1. The van der Waals surface area contributed by atoms with Gasteiger partial charge >= 0.3 is 0 Å². The van der Waals surface area contributed by atoms with E-state index in [4.69, 9.17) is 5.73 Å². The first kappa shape index (κ1) is 9.04. The van der Waals surface area contributed by atoms with Crippen molar-refractivity contribution < 1.29 is 5.11 Å². The van der Waals surface area contributed by atoms with Gasteiger partial charge in [0, 0.05) is 23.8 Å². The SMILES string of the molecule is NC1c2ccc(O)cc2NC2CCCC21. The van der Waals surface area contributed by atoms with Gasteiger partial charge in [-0.25, -0.2) is 0 Å². The standard InChI is InChI=1S/C12H16N2O/c13-12-8-2-1-3-10(8)14-11-6-7(15)4-5-9(11)12/h4-6,8,10,12,14-15H,1-3,13H2. The second-order valence-corrected chi connectivity index (χ2v) is 4.64. The summed E-state index contributed by atoms with van der Waals surface area (Å²) in [6, 6.07) is 6.08. The lowest BCUT2D eigenvalue weighted by Gasteiger charge is -2.35. The van der Waals surface area contributed by atoms with Crippen molar-refractivity contribution >= 4 is 5.69 Å². The number of hydrogen-bond donors (Lipinski definition) is 3. The van der Waals surface area contributed by atoms with Crippen LogP contribution in [0.2, 0.25) is 0 Å². The van der Waals surface area contributed by atoms with Crippen molar-refractivity contribution in [1.29, 1.82) is 0 Å². The van der Waals surface area contributed by atoms with Crippen LogP contribution in [0.15, 0.2) is 18.2 Å². The van der Waals surface area contributed by atoms with Crippen LogP contribution < -0.4 is 11.1 Å². The van der Waals surface area contributed by atoms with Gasteiger partial charge in [0.1, 0.15) is 5.75 Å². The molecular formula is C12H16N2O. The molecule has 1 aromatic rings. The summed E-state index contributed by atoms with van der Waals surface area (Å²) in [5.74, 6) is 0.881. The van der Waals surface area contributed by atoms with Gasteiger partial charge in [0.25, 0.3) is 0 Å². The van der Waals surface area contributed by atoms with Gasteiger partial charge in [-0.1, -0.05) is 12.5 Å². The van der Waals surface area contributed by atoms with Crippen LogP contribution in [0.3, 0.4) is 0 Å². The normalized spacial score (nSPS) is 33.0. The van der Waals surface area contributed by atoms with Gasteiger partial charge < -0.3 is 16.2 Å². The van der Waals surface area contributed by atoms with Gasteiger partial charge in [0.15, 0.2) is 0 Å². The molecule has 4 N–H and O–H groups in total. The Morgan fingerprint density at radius 2 is 2.20 bits per heavy atom. The molecule has 0 bridgehead atoms. The molecule has 3 rings (SSSR count). The number of fused-ring (bicyclic) bond motifs is 2. The molecule has 1 heterocycles. The van der Waals surface area contributed by atoms with Crippen LogP contribution in [0.4, 0.5) is 5.69 Å². The fourth-order valence-electron chi connectivity index (χ4n) is 2.99. The summed E-state index contributed by atoms with van der Waals surface area (Å²) < 4.78 is 0. The fourth-order valence-corrected chi connectivity index (χ4v) is 2.99. The van der Waals surface area contributed by atoms with E-state index in [-0.39, 0.29) is 6.04 Å². The fraction of sp³-hybridized carbons (Fsp3) is 0.500. The van der Waals surface area contributed by atoms with Crippen molar-refractivity contribution in [1.82, 2.24) is 0 Å². The Morgan fingerprint density at radius 3 is 3.07 bits per heavy atom. The third kappa shape index (κ3) is 1.30. The molecule has 3 atom stereocenters. The second-order valence-electron chi connectivity index (χ2n) is 4.64. The van der Waals surface area contributed by atoms with E-state index in [1.807, 2.05) is 6.07 Å². The third-order valence-corrected chi connectivity index (χ3v) is 3.77. The van der Waals surface area contributed by atoms with Gasteiger partial charge in [-0.15, -0.1) is 0 Å². The van der Waals surface area contributed by atoms with E-state index in [1.165, 1.54) is 19.3 Å². The number of phenols is 1. The van der Waals surface area contributed by atoms with Crippen molar-refractivity contribution in [2.45, 2.75) is 31.3 Å². The molecule has 1 fully saturated rings. The Bertz CT molecular complexity index is 391. The molecule has 3 heteroatoms. The minimum atomic E-state index is 0.134. The number of nitrogens with one attached hydrogen (secondary N) is 1. The van der Waals surface area contributed by atoms with E-state index in [0.717, 1.165) is 11.3 Å². The van der Waals surface area contributed by atoms with Crippen LogP contribution in [0.25, 0.3) is 0 Å². The van der Waals surface area contributed by atoms with Crippen LogP contribution in [0, 0.1) is 5.92 Å². The predicted octanol–water partition coefficient (Wildman–Crippen LogP) is 1.99. The molecule has 0 spiro atoms. The quantitative estimate of drug-likeness (QED) is 0.605. The highest BCUT2D eigenvalue weighted by molar-refractivity contribution is 5.59. The van der Waals surface area contributed by atoms with E-state index < -0.39 is 0 Å². The summed E-state index contributed by atoms with van der Waals surface area (Å²) in [6.07, 6.45) is 3.68. The molecule has 1 aliphatic heterocycles. The maximum absolute atomic E-state index is 9.43. The number of phenolic OH excluding ortho intramolecular Hbond substituents is 1. The number of hydrogen-bond acceptors (Lipinski definition) is 3. The third-order valence-electron chi connectivity index (χ3n) is 3.77. The lowest BCUT2D eigenvalue weighted by molar-refractivity contribution is 0.400. The van der Waals surface area contributed by atoms with Gasteiger partial charge in [-0.3, -0.25) is 0 Å². The van der Waals surface area contributed by atoms with Crippen LogP contribution >= 0.6 is 0 Å². The number of aromatic hydroxyl groups is 1. The van der Waals surface area contributed by atoms with Crippen LogP contribution in [-0.4, -0.2) is 11.1 Å². The van der Waals surface area contributed by atoms with Gasteiger partial charge in [-0.2, -0.15) is 0 Å². The van der Waals surface area contributed by atoms with Crippen molar-refractivity contribution in [3.05, 3.63) is 23.8 Å². The van der Waals surface area contributed by atoms with Gasteiger partial charge in [0.05, 0.1) is 0 Å². The van der Waals surface area contributed by atoms with Gasteiger partial charge in [-0.05, 0) is 30.4 Å². The highest BCUT2D eigenvalue weighted by Crippen LogP contribution is 2.43. The first-order chi connectivity index (χ1) is 7.25. The first-order valence-corrected chi connectivity index (χ1v) is 5.61. The van der Waals surface area contributed by atoms with Crippen LogP contribution in [-0.2, 0) is 0 Å². The summed E-state index contributed by atoms with van der Waals surface area (Å²) in [6.45, 7) is 0. The monoisotopic (exact) mass is 204 g/mol. The lowest BCUT2D eigenvalue weighted by Crippen LogP contribution is -2.37. The molecule has 1 saturated carbocycles. The second kappa shape index (κ2) is 3.14. The summed E-state index contributed by atoms with van der Waals surface area (Å²) in [5.41, 5.74) is 8.43. The van der Waals surface area contributed by atoms with Crippen molar-refractivity contribution in [3.63, 3.8) is 0 Å². The minimum Gasteiger partial charge on any atom is -0.508 e. The summed E-state index contributed by atoms with van der Waals surface area (Å²) in [4.78, 5) is 0. The zero-order valence-electron chi connectivity index (χ0n) is 8.61. The number of anilines is 1. The molecule has 0 aromatic heterocycles. The van der Waals surface area contributed by atoms with Crippen LogP contribution in [0.1, 0.15) is 30.9 Å². The molecule has 2 aliphatic rings. The van der Waals surface area contributed by atoms with E-state index in [0.29, 0.717) is 17.7 Å². The predicted molar refractivity (Wildman–Crippen MR) is 59.8 cm³/mol. The lowest BCUT2D eigenvalue weighted by atomic mass is 9.85. The van der Waals surface area contributed by atoms with Crippen molar-refractivity contribution in [2.24, 2.45) is 11.7 Å². The van der Waals surface area contributed by atoms with E-state index in [9.17, 15) is 5.11 Å². The maximum atomic E-state index is 9.43. The Balaban J connectivity index is 2.04. The summed E-state index contributed by atoms with van der Waals surface area (Å²) in [5, 5.41) is 12.9. The zero-order chi connectivity index (χ0) is 10.4. The molecule has 3 nitrogen and oxygen atoms in total. The molecule has 3 unspecified atom stereocenters. The smallest absolute Gasteiger partial charge is 0.117 e. The Kier molecular flexibility index (Phi) is 1.89. The molecule has 15 heavy (non-hydrogen) atoms. The molecule has 0 amide bonds. The highest BCUT2D eigenvalue weighted by Gasteiger charge is 2.37. The van der Waals surface area contributed by atoms with E-state index in [2.05, 4.69) is 5.32 Å². The number of rotatable bonds is 0. The highest BCUT2D eigenvalue weighted by atomic mass is 16.3. The zero-order valence-corrected chi connectivity index (χ0v) is 8.61. The van der Waals surface area contributed by atoms with Gasteiger partial charge in [0.2, 0.25) is 0 Å². The Hall–Kier alpha value is -1.22. The molecule has 0 radical (unpaired) electrons. The Morgan fingerprint density at radius 1 is 1.33 bits per heavy atom. The molecule has 1 aromatic carbocycles. The minimum absolute atomic E-state index is 0.134. The van der Waals surface area contributed by atoms with E-state index in [1.54, 1.807) is 12.1 Å². The average molecular weight is 204 g/mol. The maximum Gasteiger partial charge on any atom is 0.117 e. The first-order valence-electron chi connectivity index (χ1n) is 5.61. The average Bonchev–Trinajstić information content (AvgIpc) is 2.65.